The van der Waals surface area contributed by atoms with Crippen molar-refractivity contribution in [2.45, 2.75) is 52.1 Å². The van der Waals surface area contributed by atoms with Gasteiger partial charge in [0.2, 0.25) is 0 Å². The number of carbonyl (C=O) groups excluding carboxylic acids is 1. The molecule has 1 aliphatic rings. The van der Waals surface area contributed by atoms with E-state index < -0.39 is 5.91 Å². The quantitative estimate of drug-likeness (QED) is 0.937. The third kappa shape index (κ3) is 3.54. The number of rotatable bonds is 3. The number of nitrogens with zero attached hydrogens (tertiary/aromatic N) is 1. The average molecular weight is 326 g/mol. The molecule has 1 amide bonds. The van der Waals surface area contributed by atoms with Crippen LogP contribution >= 0.6 is 0 Å². The molecule has 0 fully saturated rings. The molecule has 24 heavy (non-hydrogen) atoms. The molecule has 0 aliphatic carbocycles. The third-order valence-electron chi connectivity index (χ3n) is 4.56. The zero-order valence-corrected chi connectivity index (χ0v) is 14.8. The van der Waals surface area contributed by atoms with Crippen LogP contribution in [0.5, 0.6) is 0 Å². The summed E-state index contributed by atoms with van der Waals surface area (Å²) < 4.78 is 5.78. The maximum Gasteiger partial charge on any atom is 0.284 e. The number of carbonyl (C=O) groups is 1. The second-order valence-corrected chi connectivity index (χ2v) is 7.66. The lowest BCUT2D eigenvalue weighted by Gasteiger charge is -2.23. The van der Waals surface area contributed by atoms with Gasteiger partial charge in [0.1, 0.15) is 5.76 Å². The molecule has 2 N–H and O–H groups in total. The van der Waals surface area contributed by atoms with E-state index in [1.165, 1.54) is 11.1 Å². The molecule has 4 heteroatoms. The van der Waals surface area contributed by atoms with Crippen molar-refractivity contribution in [2.24, 2.45) is 5.73 Å². The average Bonchev–Trinajstić information content (AvgIpc) is 2.83. The van der Waals surface area contributed by atoms with Crippen LogP contribution in [0.15, 0.2) is 34.7 Å². The first kappa shape index (κ1) is 16.8. The van der Waals surface area contributed by atoms with E-state index in [1.54, 1.807) is 0 Å². The van der Waals surface area contributed by atoms with Gasteiger partial charge in [-0.3, -0.25) is 9.69 Å². The highest BCUT2D eigenvalue weighted by atomic mass is 16.4. The standard InChI is InChI=1S/C20H26N2O2/c1-20(2,3)18-16(11-17(24-18)19(21)23)13-22-10-6-9-14-7-4-5-8-15(14)12-22/h4-5,7-8,11H,6,9-10,12-13H2,1-3H3,(H2,21,23). The van der Waals surface area contributed by atoms with Crippen LogP contribution in [-0.2, 0) is 24.9 Å². The van der Waals surface area contributed by atoms with Gasteiger partial charge in [0.15, 0.2) is 5.76 Å². The smallest absolute Gasteiger partial charge is 0.284 e. The van der Waals surface area contributed by atoms with E-state index in [2.05, 4.69) is 49.9 Å². The molecule has 3 rings (SSSR count). The molecule has 4 nitrogen and oxygen atoms in total. The van der Waals surface area contributed by atoms with Gasteiger partial charge in [-0.05, 0) is 36.6 Å². The zero-order chi connectivity index (χ0) is 17.3. The van der Waals surface area contributed by atoms with Crippen molar-refractivity contribution in [3.05, 3.63) is 58.5 Å². The number of nitrogens with two attached hydrogens (primary N) is 1. The predicted octanol–water partition coefficient (Wildman–Crippen LogP) is 3.62. The fraction of sp³-hybridized carbons (Fsp3) is 0.450. The summed E-state index contributed by atoms with van der Waals surface area (Å²) >= 11 is 0. The number of amides is 1. The lowest BCUT2D eigenvalue weighted by Crippen LogP contribution is -2.24. The summed E-state index contributed by atoms with van der Waals surface area (Å²) in [5, 5.41) is 0. The summed E-state index contributed by atoms with van der Waals surface area (Å²) in [4.78, 5) is 13.9. The van der Waals surface area contributed by atoms with Crippen molar-refractivity contribution in [3.8, 4) is 0 Å². The van der Waals surface area contributed by atoms with Crippen molar-refractivity contribution >= 4 is 5.91 Å². The third-order valence-corrected chi connectivity index (χ3v) is 4.56. The van der Waals surface area contributed by atoms with E-state index in [0.717, 1.165) is 43.8 Å². The minimum Gasteiger partial charge on any atom is -0.455 e. The predicted molar refractivity (Wildman–Crippen MR) is 94.8 cm³/mol. The number of hydrogen-bond acceptors (Lipinski definition) is 3. The Labute approximate surface area is 143 Å². The summed E-state index contributed by atoms with van der Waals surface area (Å²) in [6, 6.07) is 10.5. The van der Waals surface area contributed by atoms with Gasteiger partial charge in [-0.15, -0.1) is 0 Å². The van der Waals surface area contributed by atoms with Crippen LogP contribution in [-0.4, -0.2) is 17.4 Å². The second-order valence-electron chi connectivity index (χ2n) is 7.66. The first-order chi connectivity index (χ1) is 11.3. The van der Waals surface area contributed by atoms with Gasteiger partial charge in [-0.2, -0.15) is 0 Å². The first-order valence-corrected chi connectivity index (χ1v) is 8.57. The maximum atomic E-state index is 11.5. The topological polar surface area (TPSA) is 59.5 Å². The molecule has 0 bridgehead atoms. The van der Waals surface area contributed by atoms with Crippen LogP contribution in [0, 0.1) is 0 Å². The molecule has 128 valence electrons. The maximum absolute atomic E-state index is 11.5. The van der Waals surface area contributed by atoms with Crippen molar-refractivity contribution < 1.29 is 9.21 Å². The van der Waals surface area contributed by atoms with Crippen molar-refractivity contribution in [1.82, 2.24) is 4.90 Å². The molecular formula is C20H26N2O2. The molecule has 2 aromatic rings. The highest BCUT2D eigenvalue weighted by Crippen LogP contribution is 2.31. The number of furan rings is 1. The SMILES string of the molecule is CC(C)(C)c1oc(C(N)=O)cc1CN1CCCc2ccccc2C1. The molecule has 1 aromatic carbocycles. The van der Waals surface area contributed by atoms with Crippen LogP contribution in [0.25, 0.3) is 0 Å². The normalized spacial score (nSPS) is 15.8. The molecule has 1 aromatic heterocycles. The zero-order valence-electron chi connectivity index (χ0n) is 14.8. The molecule has 0 radical (unpaired) electrons. The largest absolute Gasteiger partial charge is 0.455 e. The van der Waals surface area contributed by atoms with Crippen LogP contribution in [0.1, 0.15) is 60.2 Å². The monoisotopic (exact) mass is 326 g/mol. The van der Waals surface area contributed by atoms with Gasteiger partial charge < -0.3 is 10.2 Å². The molecule has 2 heterocycles. The van der Waals surface area contributed by atoms with E-state index >= 15 is 0 Å². The van der Waals surface area contributed by atoms with E-state index in [-0.39, 0.29) is 11.2 Å². The van der Waals surface area contributed by atoms with E-state index in [0.29, 0.717) is 0 Å². The Bertz CT molecular complexity index is 740. The first-order valence-electron chi connectivity index (χ1n) is 8.57. The van der Waals surface area contributed by atoms with Crippen LogP contribution in [0.4, 0.5) is 0 Å². The Kier molecular flexibility index (Phi) is 4.50. The van der Waals surface area contributed by atoms with Gasteiger partial charge in [0, 0.05) is 24.1 Å². The van der Waals surface area contributed by atoms with E-state index in [4.69, 9.17) is 10.2 Å². The van der Waals surface area contributed by atoms with Gasteiger partial charge in [-0.1, -0.05) is 45.0 Å². The van der Waals surface area contributed by atoms with Crippen molar-refractivity contribution in [2.75, 3.05) is 6.54 Å². The fourth-order valence-corrected chi connectivity index (χ4v) is 3.45. The molecule has 0 unspecified atom stereocenters. The minimum atomic E-state index is -0.507. The number of fused-ring (bicyclic) bond motifs is 1. The second kappa shape index (κ2) is 6.44. The molecule has 0 atom stereocenters. The van der Waals surface area contributed by atoms with Crippen LogP contribution < -0.4 is 5.73 Å². The van der Waals surface area contributed by atoms with Crippen molar-refractivity contribution in [3.63, 3.8) is 0 Å². The van der Waals surface area contributed by atoms with Gasteiger partial charge in [0.25, 0.3) is 5.91 Å². The minimum absolute atomic E-state index is 0.160. The summed E-state index contributed by atoms with van der Waals surface area (Å²) in [5.41, 5.74) is 9.16. The Morgan fingerprint density at radius 2 is 1.96 bits per heavy atom. The van der Waals surface area contributed by atoms with E-state index in [9.17, 15) is 4.79 Å². The van der Waals surface area contributed by atoms with Gasteiger partial charge in [0.05, 0.1) is 0 Å². The summed E-state index contributed by atoms with van der Waals surface area (Å²) in [6.07, 6.45) is 2.26. The molecular weight excluding hydrogens is 300 g/mol. The lowest BCUT2D eigenvalue weighted by atomic mass is 9.90. The lowest BCUT2D eigenvalue weighted by molar-refractivity contribution is 0.0970. The van der Waals surface area contributed by atoms with E-state index in [1.807, 2.05) is 6.07 Å². The Morgan fingerprint density at radius 3 is 2.62 bits per heavy atom. The number of benzene rings is 1. The highest BCUT2D eigenvalue weighted by Gasteiger charge is 2.26. The Balaban J connectivity index is 1.87. The molecule has 0 saturated heterocycles. The van der Waals surface area contributed by atoms with Crippen LogP contribution in [0.3, 0.4) is 0 Å². The molecule has 0 saturated carbocycles. The highest BCUT2D eigenvalue weighted by molar-refractivity contribution is 5.90. The number of aryl methyl sites for hydroxylation is 1. The Hall–Kier alpha value is -2.07. The molecule has 1 aliphatic heterocycles. The summed E-state index contributed by atoms with van der Waals surface area (Å²) in [6.45, 7) is 9.03. The van der Waals surface area contributed by atoms with Gasteiger partial charge >= 0.3 is 0 Å². The number of hydrogen-bond donors (Lipinski definition) is 1. The Morgan fingerprint density at radius 1 is 1.25 bits per heavy atom. The number of primary amides is 1. The van der Waals surface area contributed by atoms with Crippen molar-refractivity contribution in [1.29, 1.82) is 0 Å². The fourth-order valence-electron chi connectivity index (χ4n) is 3.45. The molecule has 0 spiro atoms. The summed E-state index contributed by atoms with van der Waals surface area (Å²) in [7, 11) is 0. The van der Waals surface area contributed by atoms with Crippen LogP contribution in [0.2, 0.25) is 0 Å². The van der Waals surface area contributed by atoms with Gasteiger partial charge in [-0.25, -0.2) is 0 Å². The summed E-state index contributed by atoms with van der Waals surface area (Å²) in [5.74, 6) is 0.604.